The van der Waals surface area contributed by atoms with Gasteiger partial charge in [0, 0.05) is 31.9 Å². The summed E-state index contributed by atoms with van der Waals surface area (Å²) in [5.74, 6) is 0. The van der Waals surface area contributed by atoms with Crippen LogP contribution in [0.2, 0.25) is 0 Å². The summed E-state index contributed by atoms with van der Waals surface area (Å²) in [6, 6.07) is 5.19. The zero-order chi connectivity index (χ0) is 13.0. The van der Waals surface area contributed by atoms with Crippen LogP contribution in [0.15, 0.2) is 18.2 Å². The van der Waals surface area contributed by atoms with Crippen molar-refractivity contribution in [3.63, 3.8) is 0 Å². The summed E-state index contributed by atoms with van der Waals surface area (Å²) < 4.78 is 0.668. The van der Waals surface area contributed by atoms with Gasteiger partial charge in [-0.25, -0.2) is 0 Å². The lowest BCUT2D eigenvalue weighted by molar-refractivity contribution is -0.385. The van der Waals surface area contributed by atoms with E-state index in [-0.39, 0.29) is 10.6 Å². The van der Waals surface area contributed by atoms with Crippen LogP contribution in [0.1, 0.15) is 0 Å². The lowest BCUT2D eigenvalue weighted by Crippen LogP contribution is -2.28. The molecule has 0 N–H and O–H groups in total. The maximum absolute atomic E-state index is 10.7. The summed E-state index contributed by atoms with van der Waals surface area (Å²) in [5, 5.41) is 10.7. The second-order valence-corrected chi connectivity index (χ2v) is 5.28. The molecule has 0 bridgehead atoms. The van der Waals surface area contributed by atoms with E-state index in [9.17, 15) is 10.1 Å². The van der Waals surface area contributed by atoms with Gasteiger partial charge >= 0.3 is 0 Å². The SMILES string of the molecule is CN(C)CCN(C)c1ccc([N+](=O)[O-])c(I)c1. The monoisotopic (exact) mass is 349 g/mol. The lowest BCUT2D eigenvalue weighted by Gasteiger charge is -2.21. The van der Waals surface area contributed by atoms with Gasteiger partial charge in [-0.2, -0.15) is 0 Å². The molecule has 1 rings (SSSR count). The maximum Gasteiger partial charge on any atom is 0.282 e. The topological polar surface area (TPSA) is 49.6 Å². The Morgan fingerprint density at radius 1 is 1.29 bits per heavy atom. The summed E-state index contributed by atoms with van der Waals surface area (Å²) in [6.07, 6.45) is 0. The fourth-order valence-corrected chi connectivity index (χ4v) is 2.06. The first-order chi connectivity index (χ1) is 7.91. The van der Waals surface area contributed by atoms with E-state index < -0.39 is 0 Å². The molecule has 0 radical (unpaired) electrons. The molecule has 0 aromatic heterocycles. The van der Waals surface area contributed by atoms with E-state index in [0.29, 0.717) is 3.57 Å². The molecule has 5 nitrogen and oxygen atoms in total. The smallest absolute Gasteiger partial charge is 0.282 e. The van der Waals surface area contributed by atoms with Crippen LogP contribution < -0.4 is 4.90 Å². The summed E-state index contributed by atoms with van der Waals surface area (Å²) in [5.41, 5.74) is 1.16. The third-order valence-corrected chi connectivity index (χ3v) is 3.32. The first-order valence-electron chi connectivity index (χ1n) is 5.21. The minimum Gasteiger partial charge on any atom is -0.373 e. The van der Waals surface area contributed by atoms with Gasteiger partial charge in [0.15, 0.2) is 0 Å². The number of hydrogen-bond acceptors (Lipinski definition) is 4. The zero-order valence-electron chi connectivity index (χ0n) is 10.2. The Labute approximate surface area is 115 Å². The number of hydrogen-bond donors (Lipinski definition) is 0. The lowest BCUT2D eigenvalue weighted by atomic mass is 10.2. The third kappa shape index (κ3) is 4.12. The van der Waals surface area contributed by atoms with E-state index in [1.807, 2.05) is 49.8 Å². The van der Waals surface area contributed by atoms with Gasteiger partial charge in [0.05, 0.1) is 8.49 Å². The fourth-order valence-electron chi connectivity index (χ4n) is 1.36. The van der Waals surface area contributed by atoms with Gasteiger partial charge in [-0.1, -0.05) is 0 Å². The molecule has 0 heterocycles. The average Bonchev–Trinajstić information content (AvgIpc) is 2.25. The van der Waals surface area contributed by atoms with Crippen LogP contribution in [0.3, 0.4) is 0 Å². The molecule has 0 saturated heterocycles. The molecule has 0 aliphatic rings. The number of benzene rings is 1. The molecule has 0 spiro atoms. The second kappa shape index (κ2) is 6.15. The predicted octanol–water partition coefficient (Wildman–Crippen LogP) is 2.20. The highest BCUT2D eigenvalue weighted by atomic mass is 127. The molecule has 0 aliphatic carbocycles. The Morgan fingerprint density at radius 2 is 1.94 bits per heavy atom. The molecule has 1 aromatic carbocycles. The molecule has 0 unspecified atom stereocenters. The normalized spacial score (nSPS) is 10.6. The Hall–Kier alpha value is -0.890. The Morgan fingerprint density at radius 3 is 2.41 bits per heavy atom. The van der Waals surface area contributed by atoms with Gasteiger partial charge in [-0.05, 0) is 48.8 Å². The highest BCUT2D eigenvalue weighted by Gasteiger charge is 2.12. The zero-order valence-corrected chi connectivity index (χ0v) is 12.3. The number of halogens is 1. The van der Waals surface area contributed by atoms with Gasteiger partial charge in [0.2, 0.25) is 0 Å². The molecular formula is C11H16IN3O2. The van der Waals surface area contributed by atoms with E-state index >= 15 is 0 Å². The predicted molar refractivity (Wildman–Crippen MR) is 77.6 cm³/mol. The molecule has 0 fully saturated rings. The Balaban J connectivity index is 2.79. The van der Waals surface area contributed by atoms with Gasteiger partial charge in [-0.15, -0.1) is 0 Å². The fraction of sp³-hybridized carbons (Fsp3) is 0.455. The van der Waals surface area contributed by atoms with E-state index in [1.54, 1.807) is 12.1 Å². The van der Waals surface area contributed by atoms with Crippen molar-refractivity contribution in [1.29, 1.82) is 0 Å². The summed E-state index contributed by atoms with van der Waals surface area (Å²) in [6.45, 7) is 1.84. The highest BCUT2D eigenvalue weighted by molar-refractivity contribution is 14.1. The Kier molecular flexibility index (Phi) is 5.13. The van der Waals surface area contributed by atoms with Crippen molar-refractivity contribution < 1.29 is 4.92 Å². The standard InChI is InChI=1S/C11H16IN3O2/c1-13(2)6-7-14(3)9-4-5-11(15(16)17)10(12)8-9/h4-5,8H,6-7H2,1-3H3. The molecule has 0 amide bonds. The molecule has 17 heavy (non-hydrogen) atoms. The van der Waals surface area contributed by atoms with Crippen molar-refractivity contribution in [2.24, 2.45) is 0 Å². The highest BCUT2D eigenvalue weighted by Crippen LogP contribution is 2.25. The van der Waals surface area contributed by atoms with Crippen molar-refractivity contribution in [3.8, 4) is 0 Å². The minimum absolute atomic E-state index is 0.162. The van der Waals surface area contributed by atoms with Crippen LogP contribution in [0.25, 0.3) is 0 Å². The number of likely N-dealkylation sites (N-methyl/N-ethyl adjacent to an activating group) is 2. The number of rotatable bonds is 5. The van der Waals surface area contributed by atoms with Crippen LogP contribution in [-0.4, -0.2) is 44.1 Å². The van der Waals surface area contributed by atoms with Gasteiger partial charge in [0.25, 0.3) is 5.69 Å². The third-order valence-electron chi connectivity index (χ3n) is 2.45. The quantitative estimate of drug-likeness (QED) is 0.465. The molecular weight excluding hydrogens is 333 g/mol. The van der Waals surface area contributed by atoms with Crippen molar-refractivity contribution in [2.75, 3.05) is 39.1 Å². The van der Waals surface area contributed by atoms with Gasteiger partial charge in [0.1, 0.15) is 0 Å². The second-order valence-electron chi connectivity index (χ2n) is 4.12. The van der Waals surface area contributed by atoms with Crippen molar-refractivity contribution in [3.05, 3.63) is 31.9 Å². The summed E-state index contributed by atoms with van der Waals surface area (Å²) in [7, 11) is 6.03. The van der Waals surface area contributed by atoms with Crippen LogP contribution in [0, 0.1) is 13.7 Å². The van der Waals surface area contributed by atoms with Crippen LogP contribution in [-0.2, 0) is 0 Å². The molecule has 6 heteroatoms. The van der Waals surface area contributed by atoms with Crippen LogP contribution in [0.4, 0.5) is 11.4 Å². The van der Waals surface area contributed by atoms with E-state index in [2.05, 4.69) is 9.80 Å². The number of nitro benzene ring substituents is 1. The molecule has 94 valence electrons. The van der Waals surface area contributed by atoms with Crippen LogP contribution in [0.5, 0.6) is 0 Å². The van der Waals surface area contributed by atoms with E-state index in [1.165, 1.54) is 0 Å². The maximum atomic E-state index is 10.7. The van der Waals surface area contributed by atoms with Crippen molar-refractivity contribution in [1.82, 2.24) is 4.90 Å². The first kappa shape index (κ1) is 14.2. The van der Waals surface area contributed by atoms with Gasteiger partial charge in [-0.3, -0.25) is 10.1 Å². The van der Waals surface area contributed by atoms with Crippen LogP contribution >= 0.6 is 22.6 Å². The van der Waals surface area contributed by atoms with Crippen molar-refractivity contribution in [2.45, 2.75) is 0 Å². The van der Waals surface area contributed by atoms with Gasteiger partial charge < -0.3 is 9.80 Å². The summed E-state index contributed by atoms with van der Waals surface area (Å²) >= 11 is 2.00. The molecule has 0 saturated carbocycles. The number of nitrogens with zero attached hydrogens (tertiary/aromatic N) is 3. The molecule has 0 atom stereocenters. The number of nitro groups is 1. The summed E-state index contributed by atoms with van der Waals surface area (Å²) in [4.78, 5) is 14.5. The first-order valence-corrected chi connectivity index (χ1v) is 6.29. The molecule has 0 aliphatic heterocycles. The largest absolute Gasteiger partial charge is 0.373 e. The molecule has 1 aromatic rings. The average molecular weight is 349 g/mol. The number of anilines is 1. The van der Waals surface area contributed by atoms with E-state index in [0.717, 1.165) is 18.8 Å². The van der Waals surface area contributed by atoms with E-state index in [4.69, 9.17) is 0 Å². The minimum atomic E-state index is -0.356. The van der Waals surface area contributed by atoms with Crippen molar-refractivity contribution >= 4 is 34.0 Å². The Bertz CT molecular complexity index is 410.